The van der Waals surface area contributed by atoms with Crippen molar-refractivity contribution < 1.29 is 9.47 Å². The molecule has 1 heterocycles. The second kappa shape index (κ2) is 6.21. The zero-order valence-electron chi connectivity index (χ0n) is 11.5. The first-order chi connectivity index (χ1) is 8.70. The lowest BCUT2D eigenvalue weighted by Crippen LogP contribution is -2.26. The molecule has 3 heteroatoms. The fourth-order valence-corrected chi connectivity index (χ4v) is 2.24. The monoisotopic (exact) mass is 249 g/mol. The van der Waals surface area contributed by atoms with Crippen LogP contribution in [0.2, 0.25) is 0 Å². The van der Waals surface area contributed by atoms with Gasteiger partial charge < -0.3 is 14.8 Å². The summed E-state index contributed by atoms with van der Waals surface area (Å²) < 4.78 is 11.5. The SMILES string of the molecule is CNC(C)c1cc(C)ccc1OC1CCOCC1. The lowest BCUT2D eigenvalue weighted by molar-refractivity contribution is 0.0250. The molecular formula is C15H23NO2. The third-order valence-electron chi connectivity index (χ3n) is 3.53. The van der Waals surface area contributed by atoms with Gasteiger partial charge in [0, 0.05) is 24.4 Å². The number of nitrogens with one attached hydrogen (secondary N) is 1. The van der Waals surface area contributed by atoms with Crippen molar-refractivity contribution in [2.24, 2.45) is 0 Å². The summed E-state index contributed by atoms with van der Waals surface area (Å²) in [7, 11) is 1.98. The van der Waals surface area contributed by atoms with Gasteiger partial charge in [0.25, 0.3) is 0 Å². The van der Waals surface area contributed by atoms with Gasteiger partial charge in [0.2, 0.25) is 0 Å². The Labute approximate surface area is 109 Å². The van der Waals surface area contributed by atoms with E-state index in [4.69, 9.17) is 9.47 Å². The van der Waals surface area contributed by atoms with E-state index in [0.29, 0.717) is 12.1 Å². The summed E-state index contributed by atoms with van der Waals surface area (Å²) in [6.45, 7) is 5.90. The van der Waals surface area contributed by atoms with Crippen molar-refractivity contribution >= 4 is 0 Å². The molecule has 1 aliphatic heterocycles. The summed E-state index contributed by atoms with van der Waals surface area (Å²) in [6.07, 6.45) is 2.27. The van der Waals surface area contributed by atoms with E-state index in [-0.39, 0.29) is 0 Å². The van der Waals surface area contributed by atoms with Gasteiger partial charge in [-0.25, -0.2) is 0 Å². The molecule has 0 aromatic heterocycles. The van der Waals surface area contributed by atoms with Crippen LogP contribution >= 0.6 is 0 Å². The summed E-state index contributed by atoms with van der Waals surface area (Å²) in [5, 5.41) is 3.28. The van der Waals surface area contributed by atoms with Crippen LogP contribution in [-0.2, 0) is 4.74 Å². The molecule has 0 bridgehead atoms. The predicted octanol–water partition coefficient (Wildman–Crippen LogP) is 2.83. The van der Waals surface area contributed by atoms with Gasteiger partial charge in [-0.05, 0) is 27.0 Å². The lowest BCUT2D eigenvalue weighted by Gasteiger charge is -2.26. The Hall–Kier alpha value is -1.06. The third kappa shape index (κ3) is 3.24. The predicted molar refractivity (Wildman–Crippen MR) is 73.1 cm³/mol. The highest BCUT2D eigenvalue weighted by molar-refractivity contribution is 5.39. The molecule has 1 atom stereocenters. The third-order valence-corrected chi connectivity index (χ3v) is 3.53. The molecule has 1 aromatic rings. The van der Waals surface area contributed by atoms with Gasteiger partial charge in [-0.3, -0.25) is 0 Å². The Morgan fingerprint density at radius 2 is 2.06 bits per heavy atom. The molecule has 1 unspecified atom stereocenters. The van der Waals surface area contributed by atoms with Gasteiger partial charge >= 0.3 is 0 Å². The van der Waals surface area contributed by atoms with E-state index >= 15 is 0 Å². The van der Waals surface area contributed by atoms with Crippen LogP contribution in [0.3, 0.4) is 0 Å². The van der Waals surface area contributed by atoms with E-state index in [9.17, 15) is 0 Å². The number of hydrogen-bond acceptors (Lipinski definition) is 3. The minimum Gasteiger partial charge on any atom is -0.490 e. The van der Waals surface area contributed by atoms with Crippen molar-refractivity contribution in [2.45, 2.75) is 38.8 Å². The minimum atomic E-state index is 0.296. The van der Waals surface area contributed by atoms with Crippen molar-refractivity contribution in [2.75, 3.05) is 20.3 Å². The molecule has 0 aliphatic carbocycles. The number of rotatable bonds is 4. The fourth-order valence-electron chi connectivity index (χ4n) is 2.24. The van der Waals surface area contributed by atoms with Crippen LogP contribution in [0.4, 0.5) is 0 Å². The Morgan fingerprint density at radius 3 is 2.72 bits per heavy atom. The van der Waals surface area contributed by atoms with Gasteiger partial charge in [0.05, 0.1) is 13.2 Å². The molecular weight excluding hydrogens is 226 g/mol. The largest absolute Gasteiger partial charge is 0.490 e. The first kappa shape index (κ1) is 13.4. The molecule has 0 amide bonds. The Kier molecular flexibility index (Phi) is 4.61. The van der Waals surface area contributed by atoms with E-state index < -0.39 is 0 Å². The highest BCUT2D eigenvalue weighted by Gasteiger charge is 2.18. The Bertz CT molecular complexity index is 386. The number of aryl methyl sites for hydroxylation is 1. The van der Waals surface area contributed by atoms with E-state index in [1.54, 1.807) is 0 Å². The van der Waals surface area contributed by atoms with Crippen LogP contribution in [-0.4, -0.2) is 26.4 Å². The van der Waals surface area contributed by atoms with Gasteiger partial charge in [-0.2, -0.15) is 0 Å². The van der Waals surface area contributed by atoms with E-state index in [2.05, 4.69) is 37.4 Å². The van der Waals surface area contributed by atoms with Crippen molar-refractivity contribution in [1.29, 1.82) is 0 Å². The standard InChI is InChI=1S/C15H23NO2/c1-11-4-5-15(14(10-11)12(2)16-3)18-13-6-8-17-9-7-13/h4-5,10,12-13,16H,6-9H2,1-3H3. The molecule has 1 fully saturated rings. The number of hydrogen-bond donors (Lipinski definition) is 1. The maximum absolute atomic E-state index is 6.14. The molecule has 100 valence electrons. The Balaban J connectivity index is 2.15. The summed E-state index contributed by atoms with van der Waals surface area (Å²) in [4.78, 5) is 0. The molecule has 1 N–H and O–H groups in total. The van der Waals surface area contributed by atoms with Gasteiger partial charge in [0.15, 0.2) is 0 Å². The second-order valence-electron chi connectivity index (χ2n) is 4.98. The van der Waals surface area contributed by atoms with Crippen molar-refractivity contribution in [1.82, 2.24) is 5.32 Å². The average Bonchev–Trinajstić information content (AvgIpc) is 2.41. The minimum absolute atomic E-state index is 0.296. The van der Waals surface area contributed by atoms with Crippen LogP contribution in [0.1, 0.15) is 36.9 Å². The maximum Gasteiger partial charge on any atom is 0.124 e. The second-order valence-corrected chi connectivity index (χ2v) is 4.98. The van der Waals surface area contributed by atoms with Crippen LogP contribution in [0.25, 0.3) is 0 Å². The van der Waals surface area contributed by atoms with Crippen LogP contribution in [0.15, 0.2) is 18.2 Å². The molecule has 18 heavy (non-hydrogen) atoms. The highest BCUT2D eigenvalue weighted by Crippen LogP contribution is 2.28. The molecule has 0 saturated carbocycles. The molecule has 0 spiro atoms. The van der Waals surface area contributed by atoms with Crippen LogP contribution < -0.4 is 10.1 Å². The highest BCUT2D eigenvalue weighted by atomic mass is 16.5. The molecule has 0 radical (unpaired) electrons. The lowest BCUT2D eigenvalue weighted by atomic mass is 10.0. The van der Waals surface area contributed by atoms with Crippen LogP contribution in [0.5, 0.6) is 5.75 Å². The normalized spacial score (nSPS) is 18.6. The quantitative estimate of drug-likeness (QED) is 0.890. The van der Waals surface area contributed by atoms with E-state index in [1.807, 2.05) is 7.05 Å². The van der Waals surface area contributed by atoms with Crippen LogP contribution in [0, 0.1) is 6.92 Å². The smallest absolute Gasteiger partial charge is 0.124 e. The van der Waals surface area contributed by atoms with E-state index in [1.165, 1.54) is 11.1 Å². The zero-order valence-corrected chi connectivity index (χ0v) is 11.5. The summed E-state index contributed by atoms with van der Waals surface area (Å²) in [5.74, 6) is 1.01. The molecule has 1 saturated heterocycles. The van der Waals surface area contributed by atoms with Gasteiger partial charge in [-0.15, -0.1) is 0 Å². The van der Waals surface area contributed by atoms with Gasteiger partial charge in [-0.1, -0.05) is 17.7 Å². The summed E-state index contributed by atoms with van der Waals surface area (Å²) in [6, 6.07) is 6.71. The summed E-state index contributed by atoms with van der Waals surface area (Å²) in [5.41, 5.74) is 2.51. The number of ether oxygens (including phenoxy) is 2. The molecule has 1 aromatic carbocycles. The topological polar surface area (TPSA) is 30.5 Å². The molecule has 2 rings (SSSR count). The maximum atomic E-state index is 6.14. The number of benzene rings is 1. The first-order valence-corrected chi connectivity index (χ1v) is 6.73. The van der Waals surface area contributed by atoms with Crippen molar-refractivity contribution in [3.05, 3.63) is 29.3 Å². The van der Waals surface area contributed by atoms with E-state index in [0.717, 1.165) is 31.8 Å². The summed E-state index contributed by atoms with van der Waals surface area (Å²) >= 11 is 0. The van der Waals surface area contributed by atoms with Gasteiger partial charge in [0.1, 0.15) is 11.9 Å². The average molecular weight is 249 g/mol. The fraction of sp³-hybridized carbons (Fsp3) is 0.600. The Morgan fingerprint density at radius 1 is 1.33 bits per heavy atom. The van der Waals surface area contributed by atoms with Crippen molar-refractivity contribution in [3.63, 3.8) is 0 Å². The molecule has 1 aliphatic rings. The van der Waals surface area contributed by atoms with Crippen molar-refractivity contribution in [3.8, 4) is 5.75 Å². The molecule has 3 nitrogen and oxygen atoms in total. The first-order valence-electron chi connectivity index (χ1n) is 6.73. The zero-order chi connectivity index (χ0) is 13.0.